The van der Waals surface area contributed by atoms with Crippen molar-refractivity contribution in [2.24, 2.45) is 5.92 Å². The Morgan fingerprint density at radius 3 is 2.65 bits per heavy atom. The molecule has 0 amide bonds. The van der Waals surface area contributed by atoms with Crippen LogP contribution in [-0.2, 0) is 13.0 Å². The number of methoxy groups -OCH3 is 1. The van der Waals surface area contributed by atoms with Gasteiger partial charge in [0.25, 0.3) is 0 Å². The molecular formula is C19H30N2O2. The number of rotatable bonds is 5. The molecule has 0 bridgehead atoms. The van der Waals surface area contributed by atoms with E-state index in [9.17, 15) is 5.11 Å². The van der Waals surface area contributed by atoms with Gasteiger partial charge in [0.05, 0.1) is 13.2 Å². The molecule has 1 aromatic carbocycles. The monoisotopic (exact) mass is 318 g/mol. The minimum atomic E-state index is -0.254. The predicted molar refractivity (Wildman–Crippen MR) is 92.8 cm³/mol. The van der Waals surface area contributed by atoms with Gasteiger partial charge in [0, 0.05) is 26.2 Å². The summed E-state index contributed by atoms with van der Waals surface area (Å²) in [5.41, 5.74) is 2.68. The maximum absolute atomic E-state index is 10.5. The van der Waals surface area contributed by atoms with Crippen LogP contribution in [0.3, 0.4) is 0 Å². The van der Waals surface area contributed by atoms with Crippen LogP contribution >= 0.6 is 0 Å². The average molecular weight is 318 g/mol. The number of aliphatic hydroxyl groups is 1. The molecule has 4 heteroatoms. The molecule has 128 valence electrons. The van der Waals surface area contributed by atoms with Crippen molar-refractivity contribution in [2.45, 2.75) is 38.8 Å². The highest BCUT2D eigenvalue weighted by Gasteiger charge is 2.23. The Morgan fingerprint density at radius 1 is 1.17 bits per heavy atom. The van der Waals surface area contributed by atoms with Gasteiger partial charge in [0.15, 0.2) is 0 Å². The number of hydrogen-bond donors (Lipinski definition) is 1. The van der Waals surface area contributed by atoms with Crippen LogP contribution in [0.4, 0.5) is 0 Å². The maximum Gasteiger partial charge on any atom is 0.122 e. The zero-order valence-electron chi connectivity index (χ0n) is 14.5. The molecule has 1 saturated heterocycles. The van der Waals surface area contributed by atoms with E-state index in [1.165, 1.54) is 24.0 Å². The van der Waals surface area contributed by atoms with Gasteiger partial charge in [-0.15, -0.1) is 0 Å². The molecule has 1 atom stereocenters. The summed E-state index contributed by atoms with van der Waals surface area (Å²) in [7, 11) is 1.74. The molecule has 0 radical (unpaired) electrons. The fourth-order valence-corrected chi connectivity index (χ4v) is 3.88. The lowest BCUT2D eigenvalue weighted by atomic mass is 9.98. The molecule has 1 N–H and O–H groups in total. The van der Waals surface area contributed by atoms with E-state index in [0.717, 1.165) is 57.4 Å². The van der Waals surface area contributed by atoms with E-state index < -0.39 is 0 Å². The Balaban J connectivity index is 1.51. The normalized spacial score (nSPS) is 21.9. The average Bonchev–Trinajstić information content (AvgIpc) is 2.56. The SMILES string of the molecule is COc1cccc2c1CCN(CC(O)CN1CCC(C)CC1)C2. The van der Waals surface area contributed by atoms with Crippen molar-refractivity contribution in [3.63, 3.8) is 0 Å². The van der Waals surface area contributed by atoms with Crippen LogP contribution in [0.5, 0.6) is 5.75 Å². The molecule has 2 heterocycles. The molecule has 1 fully saturated rings. The summed E-state index contributed by atoms with van der Waals surface area (Å²) < 4.78 is 5.46. The van der Waals surface area contributed by atoms with Crippen LogP contribution in [0, 0.1) is 5.92 Å². The van der Waals surface area contributed by atoms with E-state index in [-0.39, 0.29) is 6.10 Å². The summed E-state index contributed by atoms with van der Waals surface area (Å²) in [5, 5.41) is 10.5. The number of benzene rings is 1. The van der Waals surface area contributed by atoms with E-state index in [4.69, 9.17) is 4.74 Å². The van der Waals surface area contributed by atoms with Crippen molar-refractivity contribution in [1.82, 2.24) is 9.80 Å². The third-order valence-electron chi connectivity index (χ3n) is 5.34. The van der Waals surface area contributed by atoms with Crippen molar-refractivity contribution in [2.75, 3.05) is 39.8 Å². The minimum Gasteiger partial charge on any atom is -0.496 e. The Labute approximate surface area is 140 Å². The quantitative estimate of drug-likeness (QED) is 0.902. The van der Waals surface area contributed by atoms with Crippen LogP contribution in [-0.4, -0.2) is 60.8 Å². The van der Waals surface area contributed by atoms with Crippen molar-refractivity contribution in [1.29, 1.82) is 0 Å². The van der Waals surface area contributed by atoms with Crippen molar-refractivity contribution >= 4 is 0 Å². The van der Waals surface area contributed by atoms with Crippen molar-refractivity contribution < 1.29 is 9.84 Å². The van der Waals surface area contributed by atoms with Gasteiger partial charge in [0.2, 0.25) is 0 Å². The van der Waals surface area contributed by atoms with Gasteiger partial charge < -0.3 is 14.7 Å². The first kappa shape index (κ1) is 16.7. The Morgan fingerprint density at radius 2 is 1.91 bits per heavy atom. The largest absolute Gasteiger partial charge is 0.496 e. The van der Waals surface area contributed by atoms with Crippen LogP contribution in [0.25, 0.3) is 0 Å². The number of likely N-dealkylation sites (tertiary alicyclic amines) is 1. The number of ether oxygens (including phenoxy) is 1. The van der Waals surface area contributed by atoms with E-state index >= 15 is 0 Å². The van der Waals surface area contributed by atoms with Crippen molar-refractivity contribution in [3.8, 4) is 5.75 Å². The summed E-state index contributed by atoms with van der Waals surface area (Å²) in [6.45, 7) is 8.10. The second kappa shape index (κ2) is 7.65. The Bertz CT molecular complexity index is 512. The summed E-state index contributed by atoms with van der Waals surface area (Å²) in [5.74, 6) is 1.85. The van der Waals surface area contributed by atoms with Crippen LogP contribution < -0.4 is 4.74 Å². The first-order chi connectivity index (χ1) is 11.2. The molecule has 2 aliphatic heterocycles. The highest BCUT2D eigenvalue weighted by Crippen LogP contribution is 2.27. The summed E-state index contributed by atoms with van der Waals surface area (Å²) in [4.78, 5) is 4.80. The first-order valence-electron chi connectivity index (χ1n) is 8.93. The molecule has 23 heavy (non-hydrogen) atoms. The molecular weight excluding hydrogens is 288 g/mol. The van der Waals surface area contributed by atoms with Gasteiger partial charge in [-0.05, 0) is 55.5 Å². The number of aliphatic hydroxyl groups excluding tert-OH is 1. The third kappa shape index (κ3) is 4.25. The van der Waals surface area contributed by atoms with Gasteiger partial charge in [-0.1, -0.05) is 19.1 Å². The molecule has 0 saturated carbocycles. The Hall–Kier alpha value is -1.10. The lowest BCUT2D eigenvalue weighted by Crippen LogP contribution is -2.44. The van der Waals surface area contributed by atoms with E-state index in [1.807, 2.05) is 6.07 Å². The number of fused-ring (bicyclic) bond motifs is 1. The second-order valence-corrected chi connectivity index (χ2v) is 7.22. The van der Waals surface area contributed by atoms with Gasteiger partial charge in [-0.2, -0.15) is 0 Å². The number of hydrogen-bond acceptors (Lipinski definition) is 4. The summed E-state index contributed by atoms with van der Waals surface area (Å²) >= 11 is 0. The zero-order chi connectivity index (χ0) is 16.2. The minimum absolute atomic E-state index is 0.254. The molecule has 3 rings (SSSR count). The first-order valence-corrected chi connectivity index (χ1v) is 8.93. The van der Waals surface area contributed by atoms with Gasteiger partial charge >= 0.3 is 0 Å². The van der Waals surface area contributed by atoms with Crippen molar-refractivity contribution in [3.05, 3.63) is 29.3 Å². The van der Waals surface area contributed by atoms with Gasteiger partial charge in [0.1, 0.15) is 5.75 Å². The highest BCUT2D eigenvalue weighted by molar-refractivity contribution is 5.41. The van der Waals surface area contributed by atoms with Gasteiger partial charge in [-0.3, -0.25) is 4.90 Å². The van der Waals surface area contributed by atoms with E-state index in [2.05, 4.69) is 28.9 Å². The third-order valence-corrected chi connectivity index (χ3v) is 5.34. The van der Waals surface area contributed by atoms with Gasteiger partial charge in [-0.25, -0.2) is 0 Å². The molecule has 0 spiro atoms. The summed E-state index contributed by atoms with van der Waals surface area (Å²) in [6.07, 6.45) is 3.29. The number of piperidine rings is 1. The molecule has 1 aromatic rings. The summed E-state index contributed by atoms with van der Waals surface area (Å²) in [6, 6.07) is 6.29. The maximum atomic E-state index is 10.5. The van der Waals surface area contributed by atoms with E-state index in [1.54, 1.807) is 7.11 Å². The molecule has 0 aromatic heterocycles. The fraction of sp³-hybridized carbons (Fsp3) is 0.684. The molecule has 2 aliphatic rings. The predicted octanol–water partition coefficient (Wildman–Crippen LogP) is 2.15. The van der Waals surface area contributed by atoms with Crippen LogP contribution in [0.15, 0.2) is 18.2 Å². The van der Waals surface area contributed by atoms with Crippen LogP contribution in [0.1, 0.15) is 30.9 Å². The van der Waals surface area contributed by atoms with E-state index in [0.29, 0.717) is 0 Å². The molecule has 4 nitrogen and oxygen atoms in total. The number of β-amino-alcohol motifs (C(OH)–C–C–N with tert-alkyl or cyclic N) is 1. The molecule has 0 aliphatic carbocycles. The standard InChI is InChI=1S/C19H30N2O2/c1-15-6-9-20(10-7-15)13-17(22)14-21-11-8-18-16(12-21)4-3-5-19(18)23-2/h3-5,15,17,22H,6-14H2,1-2H3. The lowest BCUT2D eigenvalue weighted by Gasteiger charge is -2.34. The number of nitrogens with zero attached hydrogens (tertiary/aromatic N) is 2. The van der Waals surface area contributed by atoms with Crippen LogP contribution in [0.2, 0.25) is 0 Å². The smallest absolute Gasteiger partial charge is 0.122 e. The fourth-order valence-electron chi connectivity index (χ4n) is 3.88. The highest BCUT2D eigenvalue weighted by atomic mass is 16.5. The molecule has 1 unspecified atom stereocenters. The topological polar surface area (TPSA) is 35.9 Å². The lowest BCUT2D eigenvalue weighted by molar-refractivity contribution is 0.0575. The Kier molecular flexibility index (Phi) is 5.57. The second-order valence-electron chi connectivity index (χ2n) is 7.22. The zero-order valence-corrected chi connectivity index (χ0v) is 14.5.